The molecule has 2 N–H and O–H groups in total. The number of urea groups is 1. The Kier molecular flexibility index (Phi) is 5.75. The molecule has 0 radical (unpaired) electrons. The number of carbonyl (C=O) groups is 2. The zero-order valence-electron chi connectivity index (χ0n) is 13.2. The molecule has 0 aliphatic carbocycles. The molecule has 1 aromatic heterocycles. The SMILES string of the molecule is CNC(=O)NC(=O)[C@H](C)Sc1nnc(Cc2ccccc2)n1C. The zero-order chi connectivity index (χ0) is 16.8. The quantitative estimate of drug-likeness (QED) is 0.806. The Morgan fingerprint density at radius 1 is 1.26 bits per heavy atom. The summed E-state index contributed by atoms with van der Waals surface area (Å²) in [5.74, 6) is 0.444. The van der Waals surface area contributed by atoms with Crippen molar-refractivity contribution in [3.8, 4) is 0 Å². The first-order valence-electron chi connectivity index (χ1n) is 7.12. The maximum Gasteiger partial charge on any atom is 0.321 e. The number of hydrogen-bond acceptors (Lipinski definition) is 5. The number of hydrogen-bond donors (Lipinski definition) is 2. The number of aromatic nitrogens is 3. The summed E-state index contributed by atoms with van der Waals surface area (Å²) in [6.45, 7) is 1.72. The normalized spacial score (nSPS) is 11.8. The number of rotatable bonds is 5. The van der Waals surface area contributed by atoms with E-state index in [4.69, 9.17) is 0 Å². The molecule has 0 saturated carbocycles. The highest BCUT2D eigenvalue weighted by atomic mass is 32.2. The van der Waals surface area contributed by atoms with Crippen molar-refractivity contribution < 1.29 is 9.59 Å². The molecule has 2 rings (SSSR count). The van der Waals surface area contributed by atoms with E-state index in [1.165, 1.54) is 18.8 Å². The van der Waals surface area contributed by atoms with Crippen LogP contribution in [-0.2, 0) is 18.3 Å². The molecule has 0 spiro atoms. The molecule has 7 nitrogen and oxygen atoms in total. The van der Waals surface area contributed by atoms with E-state index in [0.717, 1.165) is 11.4 Å². The Bertz CT molecular complexity index is 686. The third-order valence-corrected chi connectivity index (χ3v) is 4.38. The van der Waals surface area contributed by atoms with Crippen LogP contribution < -0.4 is 10.6 Å². The van der Waals surface area contributed by atoms with Gasteiger partial charge in [-0.3, -0.25) is 10.1 Å². The minimum absolute atomic E-state index is 0.373. The van der Waals surface area contributed by atoms with Crippen LogP contribution in [0.1, 0.15) is 18.3 Å². The summed E-state index contributed by atoms with van der Waals surface area (Å²) in [6.07, 6.45) is 0.670. The fourth-order valence-corrected chi connectivity index (χ4v) is 2.70. The van der Waals surface area contributed by atoms with Gasteiger partial charge in [-0.25, -0.2) is 4.79 Å². The van der Waals surface area contributed by atoms with Crippen molar-refractivity contribution >= 4 is 23.7 Å². The van der Waals surface area contributed by atoms with Gasteiger partial charge >= 0.3 is 6.03 Å². The lowest BCUT2D eigenvalue weighted by molar-refractivity contribution is -0.119. The van der Waals surface area contributed by atoms with E-state index in [0.29, 0.717) is 11.6 Å². The number of nitrogens with zero attached hydrogens (tertiary/aromatic N) is 3. The summed E-state index contributed by atoms with van der Waals surface area (Å²) in [5.41, 5.74) is 1.14. The van der Waals surface area contributed by atoms with Gasteiger partial charge in [0, 0.05) is 20.5 Å². The summed E-state index contributed by atoms with van der Waals surface area (Å²) >= 11 is 1.26. The third kappa shape index (κ3) is 4.56. The molecular formula is C15H19N5O2S. The number of nitrogens with one attached hydrogen (secondary N) is 2. The summed E-state index contributed by atoms with van der Waals surface area (Å²) < 4.78 is 1.86. The lowest BCUT2D eigenvalue weighted by atomic mass is 10.1. The molecule has 0 fully saturated rings. The zero-order valence-corrected chi connectivity index (χ0v) is 14.1. The van der Waals surface area contributed by atoms with Gasteiger partial charge in [0.25, 0.3) is 0 Å². The second kappa shape index (κ2) is 7.77. The molecule has 0 aliphatic rings. The Balaban J connectivity index is 2.01. The van der Waals surface area contributed by atoms with Crippen molar-refractivity contribution in [1.82, 2.24) is 25.4 Å². The summed E-state index contributed by atoms with van der Waals surface area (Å²) in [6, 6.07) is 9.46. The van der Waals surface area contributed by atoms with Crippen LogP contribution in [0.3, 0.4) is 0 Å². The Morgan fingerprint density at radius 2 is 1.96 bits per heavy atom. The van der Waals surface area contributed by atoms with Crippen molar-refractivity contribution in [2.45, 2.75) is 23.8 Å². The first kappa shape index (κ1) is 17.0. The van der Waals surface area contributed by atoms with Gasteiger partial charge in [0.15, 0.2) is 5.16 Å². The number of thioether (sulfide) groups is 1. The standard InChI is InChI=1S/C15H19N5O2S/c1-10(13(21)17-14(22)16-2)23-15-19-18-12(20(15)3)9-11-7-5-4-6-8-11/h4-8,10H,9H2,1-3H3,(H2,16,17,21,22)/t10-/m0/s1. The topological polar surface area (TPSA) is 88.9 Å². The van der Waals surface area contributed by atoms with Crippen LogP contribution in [0.15, 0.2) is 35.5 Å². The Hall–Kier alpha value is -2.35. The lowest BCUT2D eigenvalue weighted by Crippen LogP contribution is -2.41. The predicted octanol–water partition coefficient (Wildman–Crippen LogP) is 1.34. The van der Waals surface area contributed by atoms with E-state index < -0.39 is 11.3 Å². The fourth-order valence-electron chi connectivity index (χ4n) is 1.87. The van der Waals surface area contributed by atoms with Crippen molar-refractivity contribution in [1.29, 1.82) is 0 Å². The molecule has 3 amide bonds. The Labute approximate surface area is 138 Å². The molecule has 1 heterocycles. The van der Waals surface area contributed by atoms with Crippen LogP contribution in [-0.4, -0.2) is 39.0 Å². The minimum Gasteiger partial charge on any atom is -0.341 e. The van der Waals surface area contributed by atoms with E-state index in [2.05, 4.69) is 20.8 Å². The third-order valence-electron chi connectivity index (χ3n) is 3.25. The summed E-state index contributed by atoms with van der Waals surface area (Å²) in [4.78, 5) is 23.0. The highest BCUT2D eigenvalue weighted by Gasteiger charge is 2.20. The molecule has 2 aromatic rings. The van der Waals surface area contributed by atoms with Gasteiger partial charge < -0.3 is 9.88 Å². The van der Waals surface area contributed by atoms with Crippen molar-refractivity contribution in [3.05, 3.63) is 41.7 Å². The van der Waals surface area contributed by atoms with Crippen molar-refractivity contribution in [2.75, 3.05) is 7.05 Å². The first-order chi connectivity index (χ1) is 11.0. The second-order valence-electron chi connectivity index (χ2n) is 4.95. The molecule has 1 atom stereocenters. The van der Waals surface area contributed by atoms with Crippen LogP contribution in [0.25, 0.3) is 0 Å². The van der Waals surface area contributed by atoms with E-state index in [1.807, 2.05) is 41.9 Å². The molecule has 0 aliphatic heterocycles. The van der Waals surface area contributed by atoms with E-state index in [-0.39, 0.29) is 5.91 Å². The largest absolute Gasteiger partial charge is 0.341 e. The molecule has 1 aromatic carbocycles. The summed E-state index contributed by atoms with van der Waals surface area (Å²) in [7, 11) is 3.32. The second-order valence-corrected chi connectivity index (χ2v) is 6.26. The van der Waals surface area contributed by atoms with Crippen LogP contribution in [0.5, 0.6) is 0 Å². The van der Waals surface area contributed by atoms with Crippen LogP contribution in [0.2, 0.25) is 0 Å². The molecule has 0 bridgehead atoms. The van der Waals surface area contributed by atoms with Gasteiger partial charge in [-0.1, -0.05) is 42.1 Å². The van der Waals surface area contributed by atoms with Gasteiger partial charge in [-0.2, -0.15) is 0 Å². The molecule has 122 valence electrons. The number of carbonyl (C=O) groups excluding carboxylic acids is 2. The van der Waals surface area contributed by atoms with Gasteiger partial charge in [-0.05, 0) is 12.5 Å². The van der Waals surface area contributed by atoms with E-state index in [9.17, 15) is 9.59 Å². The fraction of sp³-hybridized carbons (Fsp3) is 0.333. The minimum atomic E-state index is -0.523. The van der Waals surface area contributed by atoms with E-state index in [1.54, 1.807) is 6.92 Å². The van der Waals surface area contributed by atoms with Crippen LogP contribution in [0, 0.1) is 0 Å². The highest BCUT2D eigenvalue weighted by molar-refractivity contribution is 8.00. The van der Waals surface area contributed by atoms with Crippen molar-refractivity contribution in [3.63, 3.8) is 0 Å². The monoisotopic (exact) mass is 333 g/mol. The molecular weight excluding hydrogens is 314 g/mol. The molecule has 0 saturated heterocycles. The molecule has 0 unspecified atom stereocenters. The lowest BCUT2D eigenvalue weighted by Gasteiger charge is -2.10. The van der Waals surface area contributed by atoms with Gasteiger partial charge in [0.1, 0.15) is 5.82 Å². The highest BCUT2D eigenvalue weighted by Crippen LogP contribution is 2.22. The van der Waals surface area contributed by atoms with Crippen LogP contribution >= 0.6 is 11.8 Å². The predicted molar refractivity (Wildman–Crippen MR) is 88.2 cm³/mol. The maximum absolute atomic E-state index is 11.9. The number of amides is 3. The van der Waals surface area contributed by atoms with Gasteiger partial charge in [-0.15, -0.1) is 10.2 Å². The van der Waals surface area contributed by atoms with E-state index >= 15 is 0 Å². The number of benzene rings is 1. The van der Waals surface area contributed by atoms with Gasteiger partial charge in [0.05, 0.1) is 5.25 Å². The average molecular weight is 333 g/mol. The number of imide groups is 1. The summed E-state index contributed by atoms with van der Waals surface area (Å²) in [5, 5.41) is 13.1. The van der Waals surface area contributed by atoms with Crippen molar-refractivity contribution in [2.24, 2.45) is 7.05 Å². The first-order valence-corrected chi connectivity index (χ1v) is 8.00. The smallest absolute Gasteiger partial charge is 0.321 e. The average Bonchev–Trinajstić information content (AvgIpc) is 2.88. The van der Waals surface area contributed by atoms with Gasteiger partial charge in [0.2, 0.25) is 5.91 Å². The Morgan fingerprint density at radius 3 is 2.61 bits per heavy atom. The maximum atomic E-state index is 11.9. The van der Waals surface area contributed by atoms with Crippen LogP contribution in [0.4, 0.5) is 4.79 Å². The molecule has 8 heteroatoms. The molecule has 23 heavy (non-hydrogen) atoms.